The molecule has 4 nitrogen and oxygen atoms in total. The molecule has 2 aliphatic rings. The summed E-state index contributed by atoms with van der Waals surface area (Å²) in [5.41, 5.74) is -0.233. The van der Waals surface area contributed by atoms with Crippen LogP contribution in [0.25, 0.3) is 0 Å². The first-order chi connectivity index (χ1) is 8.65. The average molecular weight is 254 g/mol. The maximum absolute atomic E-state index is 12.2. The lowest BCUT2D eigenvalue weighted by Gasteiger charge is -2.31. The molecule has 4 heteroatoms. The molecule has 0 radical (unpaired) electrons. The fourth-order valence-electron chi connectivity index (χ4n) is 3.24. The topological polar surface area (TPSA) is 61.4 Å². The number of hydrogen-bond donors (Lipinski definition) is 3. The monoisotopic (exact) mass is 254 g/mol. The molecule has 3 atom stereocenters. The molecule has 3 unspecified atom stereocenters. The van der Waals surface area contributed by atoms with E-state index in [0.29, 0.717) is 11.8 Å². The number of nitrogens with one attached hydrogen (secondary N) is 2. The molecule has 0 spiro atoms. The minimum atomic E-state index is -0.233. The van der Waals surface area contributed by atoms with Crippen LogP contribution >= 0.6 is 0 Å². The van der Waals surface area contributed by atoms with Crippen molar-refractivity contribution in [3.05, 3.63) is 0 Å². The summed E-state index contributed by atoms with van der Waals surface area (Å²) in [4.78, 5) is 12.2. The second kappa shape index (κ2) is 6.02. The van der Waals surface area contributed by atoms with Crippen LogP contribution in [-0.2, 0) is 4.79 Å². The summed E-state index contributed by atoms with van der Waals surface area (Å²) in [6, 6.07) is 0. The summed E-state index contributed by atoms with van der Waals surface area (Å²) in [7, 11) is 0. The molecule has 1 heterocycles. The van der Waals surface area contributed by atoms with E-state index >= 15 is 0 Å². The second-order valence-corrected chi connectivity index (χ2v) is 6.18. The first kappa shape index (κ1) is 13.8. The van der Waals surface area contributed by atoms with Crippen LogP contribution in [0, 0.1) is 17.3 Å². The molecule has 1 saturated heterocycles. The zero-order valence-electron chi connectivity index (χ0n) is 11.4. The fourth-order valence-corrected chi connectivity index (χ4v) is 3.24. The molecule has 0 aromatic carbocycles. The van der Waals surface area contributed by atoms with Gasteiger partial charge in [0.15, 0.2) is 0 Å². The Morgan fingerprint density at radius 3 is 2.72 bits per heavy atom. The van der Waals surface area contributed by atoms with Crippen LogP contribution < -0.4 is 10.6 Å². The third-order valence-electron chi connectivity index (χ3n) is 4.74. The van der Waals surface area contributed by atoms with E-state index in [1.165, 1.54) is 12.8 Å². The molecular weight excluding hydrogens is 228 g/mol. The first-order valence-corrected chi connectivity index (χ1v) is 7.25. The Bertz CT molecular complexity index is 288. The molecule has 1 aliphatic carbocycles. The van der Waals surface area contributed by atoms with Gasteiger partial charge in [0.05, 0.1) is 5.41 Å². The largest absolute Gasteiger partial charge is 0.396 e. The van der Waals surface area contributed by atoms with E-state index < -0.39 is 0 Å². The van der Waals surface area contributed by atoms with Crippen molar-refractivity contribution >= 4 is 5.91 Å². The Labute approximate surface area is 110 Å². The average Bonchev–Trinajstić information content (AvgIpc) is 2.84. The molecule has 1 amide bonds. The molecule has 1 aliphatic heterocycles. The molecule has 0 aromatic heterocycles. The molecule has 0 bridgehead atoms. The molecule has 1 saturated carbocycles. The summed E-state index contributed by atoms with van der Waals surface area (Å²) in [6.07, 6.45) is 5.62. The van der Waals surface area contributed by atoms with Crippen LogP contribution in [0.1, 0.15) is 39.0 Å². The maximum atomic E-state index is 12.2. The van der Waals surface area contributed by atoms with Crippen LogP contribution in [0.15, 0.2) is 0 Å². The molecule has 104 valence electrons. The van der Waals surface area contributed by atoms with Crippen molar-refractivity contribution in [3.63, 3.8) is 0 Å². The van der Waals surface area contributed by atoms with Crippen molar-refractivity contribution in [1.29, 1.82) is 0 Å². The van der Waals surface area contributed by atoms with Gasteiger partial charge in [0, 0.05) is 19.7 Å². The lowest BCUT2D eigenvalue weighted by Crippen LogP contribution is -2.44. The van der Waals surface area contributed by atoms with Crippen LogP contribution in [0.3, 0.4) is 0 Å². The van der Waals surface area contributed by atoms with Crippen molar-refractivity contribution in [1.82, 2.24) is 10.6 Å². The number of carbonyl (C=O) groups is 1. The third kappa shape index (κ3) is 3.04. The highest BCUT2D eigenvalue weighted by molar-refractivity contribution is 5.82. The lowest BCUT2D eigenvalue weighted by atomic mass is 9.79. The minimum Gasteiger partial charge on any atom is -0.396 e. The zero-order valence-corrected chi connectivity index (χ0v) is 11.4. The number of amides is 1. The van der Waals surface area contributed by atoms with Crippen molar-refractivity contribution in [2.24, 2.45) is 17.3 Å². The van der Waals surface area contributed by atoms with Crippen LogP contribution in [-0.4, -0.2) is 37.3 Å². The Balaban J connectivity index is 1.81. The highest BCUT2D eigenvalue weighted by Crippen LogP contribution is 2.30. The van der Waals surface area contributed by atoms with Gasteiger partial charge in [-0.3, -0.25) is 4.79 Å². The summed E-state index contributed by atoms with van der Waals surface area (Å²) in [5, 5.41) is 15.7. The standard InChI is InChI=1S/C14H26N2O2/c1-14(6-7-15-10-14)13(18)16-8-11-4-2-3-5-12(11)9-17/h11-12,15,17H,2-10H2,1H3,(H,16,18). The summed E-state index contributed by atoms with van der Waals surface area (Å²) >= 11 is 0. The smallest absolute Gasteiger partial charge is 0.227 e. The van der Waals surface area contributed by atoms with Gasteiger partial charge < -0.3 is 15.7 Å². The third-order valence-corrected chi connectivity index (χ3v) is 4.74. The SMILES string of the molecule is CC1(C(=O)NCC2CCCCC2CO)CCNC1. The second-order valence-electron chi connectivity index (χ2n) is 6.18. The van der Waals surface area contributed by atoms with Gasteiger partial charge in [-0.05, 0) is 44.6 Å². The fraction of sp³-hybridized carbons (Fsp3) is 0.929. The van der Waals surface area contributed by atoms with Gasteiger partial charge in [0.25, 0.3) is 0 Å². The van der Waals surface area contributed by atoms with Crippen molar-refractivity contribution < 1.29 is 9.90 Å². The molecule has 0 aromatic rings. The summed E-state index contributed by atoms with van der Waals surface area (Å²) in [5.74, 6) is 1.02. The van der Waals surface area contributed by atoms with Crippen LogP contribution in [0.4, 0.5) is 0 Å². The molecule has 18 heavy (non-hydrogen) atoms. The van der Waals surface area contributed by atoms with Gasteiger partial charge >= 0.3 is 0 Å². The van der Waals surface area contributed by atoms with E-state index in [2.05, 4.69) is 10.6 Å². The van der Waals surface area contributed by atoms with Crippen molar-refractivity contribution in [2.45, 2.75) is 39.0 Å². The maximum Gasteiger partial charge on any atom is 0.227 e. The Kier molecular flexibility index (Phi) is 4.62. The summed E-state index contributed by atoms with van der Waals surface area (Å²) in [6.45, 7) is 4.76. The number of carbonyl (C=O) groups excluding carboxylic acids is 1. The van der Waals surface area contributed by atoms with Gasteiger partial charge in [0.2, 0.25) is 5.91 Å². The van der Waals surface area contributed by atoms with Crippen LogP contribution in [0.2, 0.25) is 0 Å². The van der Waals surface area contributed by atoms with E-state index in [-0.39, 0.29) is 17.9 Å². The van der Waals surface area contributed by atoms with E-state index in [1.54, 1.807) is 0 Å². The van der Waals surface area contributed by atoms with Gasteiger partial charge in [-0.1, -0.05) is 12.8 Å². The van der Waals surface area contributed by atoms with E-state index in [0.717, 1.165) is 38.9 Å². The van der Waals surface area contributed by atoms with E-state index in [4.69, 9.17) is 0 Å². The van der Waals surface area contributed by atoms with Gasteiger partial charge in [-0.2, -0.15) is 0 Å². The molecule has 2 rings (SSSR count). The van der Waals surface area contributed by atoms with Gasteiger partial charge in [0.1, 0.15) is 0 Å². The van der Waals surface area contributed by atoms with Crippen molar-refractivity contribution in [3.8, 4) is 0 Å². The quantitative estimate of drug-likeness (QED) is 0.698. The predicted octanol–water partition coefficient (Wildman–Crippen LogP) is 0.901. The highest BCUT2D eigenvalue weighted by atomic mass is 16.3. The Hall–Kier alpha value is -0.610. The number of aliphatic hydroxyl groups is 1. The predicted molar refractivity (Wildman–Crippen MR) is 71.1 cm³/mol. The minimum absolute atomic E-state index is 0.176. The number of aliphatic hydroxyl groups excluding tert-OH is 1. The van der Waals surface area contributed by atoms with Crippen LogP contribution in [0.5, 0.6) is 0 Å². The number of hydrogen-bond acceptors (Lipinski definition) is 3. The van der Waals surface area contributed by atoms with Crippen molar-refractivity contribution in [2.75, 3.05) is 26.2 Å². The first-order valence-electron chi connectivity index (χ1n) is 7.25. The van der Waals surface area contributed by atoms with Gasteiger partial charge in [-0.25, -0.2) is 0 Å². The van der Waals surface area contributed by atoms with E-state index in [1.807, 2.05) is 6.92 Å². The van der Waals surface area contributed by atoms with Gasteiger partial charge in [-0.15, -0.1) is 0 Å². The Morgan fingerprint density at radius 1 is 1.39 bits per heavy atom. The van der Waals surface area contributed by atoms with E-state index in [9.17, 15) is 9.90 Å². The number of rotatable bonds is 4. The summed E-state index contributed by atoms with van der Waals surface area (Å²) < 4.78 is 0. The lowest BCUT2D eigenvalue weighted by molar-refractivity contribution is -0.129. The highest BCUT2D eigenvalue weighted by Gasteiger charge is 2.36. The molecule has 3 N–H and O–H groups in total. The zero-order chi connectivity index (χ0) is 13.0. The Morgan fingerprint density at radius 2 is 2.11 bits per heavy atom. The molecular formula is C14H26N2O2. The normalized spacial score (nSPS) is 36.6. The molecule has 2 fully saturated rings.